The zero-order valence-electron chi connectivity index (χ0n) is 16.2. The third-order valence-electron chi connectivity index (χ3n) is 5.02. The lowest BCUT2D eigenvalue weighted by Crippen LogP contribution is -2.32. The molecule has 0 unspecified atom stereocenters. The zero-order valence-corrected chi connectivity index (χ0v) is 17.0. The van der Waals surface area contributed by atoms with E-state index in [4.69, 9.17) is 14.7 Å². The van der Waals surface area contributed by atoms with Crippen LogP contribution in [-0.2, 0) is 19.0 Å². The van der Waals surface area contributed by atoms with Gasteiger partial charge in [0.1, 0.15) is 36.1 Å². The quantitative estimate of drug-likeness (QED) is 0.549. The number of benzene rings is 1. The number of aliphatic hydroxyl groups is 1. The van der Waals surface area contributed by atoms with Crippen molar-refractivity contribution in [2.75, 3.05) is 12.3 Å². The van der Waals surface area contributed by atoms with E-state index in [1.165, 1.54) is 22.9 Å². The number of nitrogens with zero attached hydrogens (tertiary/aromatic N) is 4. The number of nitrogen functional groups attached to an aromatic ring is 1. The molecule has 10 nitrogen and oxygen atoms in total. The number of aliphatic hydroxyl groups excluding tert-OH is 1. The molecule has 2 aromatic heterocycles. The van der Waals surface area contributed by atoms with Gasteiger partial charge in [-0.3, -0.25) is 4.18 Å². The molecule has 0 radical (unpaired) electrons. The fraction of sp³-hybridized carbons (Fsp3) is 0.316. The molecule has 3 heterocycles. The van der Waals surface area contributed by atoms with Crippen LogP contribution >= 0.6 is 0 Å². The van der Waals surface area contributed by atoms with Crippen LogP contribution in [0.25, 0.3) is 11.0 Å². The van der Waals surface area contributed by atoms with E-state index in [0.29, 0.717) is 0 Å². The van der Waals surface area contributed by atoms with E-state index in [-0.39, 0.29) is 27.3 Å². The lowest BCUT2D eigenvalue weighted by Gasteiger charge is -2.16. The van der Waals surface area contributed by atoms with Crippen molar-refractivity contribution in [3.8, 4) is 6.07 Å². The van der Waals surface area contributed by atoms with Gasteiger partial charge in [-0.2, -0.15) is 13.7 Å². The minimum Gasteiger partial charge on any atom is -0.387 e. The summed E-state index contributed by atoms with van der Waals surface area (Å²) in [5.74, 6) is 0.0401. The Bertz CT molecular complexity index is 1270. The van der Waals surface area contributed by atoms with Gasteiger partial charge in [-0.05, 0) is 19.1 Å². The summed E-state index contributed by atoms with van der Waals surface area (Å²) in [5.41, 5.74) is 6.94. The number of ether oxygens (including phenoxy) is 1. The van der Waals surface area contributed by atoms with Gasteiger partial charge in [-0.1, -0.05) is 17.7 Å². The molecule has 1 aliphatic rings. The number of hydrogen-bond donors (Lipinski definition) is 2. The second-order valence-corrected chi connectivity index (χ2v) is 8.69. The first-order chi connectivity index (χ1) is 14.7. The maximum atomic E-state index is 14.9. The number of aromatic nitrogens is 3. The van der Waals surface area contributed by atoms with E-state index >= 15 is 0 Å². The van der Waals surface area contributed by atoms with E-state index < -0.39 is 41.3 Å². The molecule has 3 aromatic rings. The summed E-state index contributed by atoms with van der Waals surface area (Å²) >= 11 is 0. The predicted octanol–water partition coefficient (Wildman–Crippen LogP) is 1.20. The Labute approximate surface area is 176 Å². The third kappa shape index (κ3) is 3.72. The van der Waals surface area contributed by atoms with Crippen LogP contribution in [0.4, 0.5) is 10.2 Å². The molecule has 1 aromatic carbocycles. The Kier molecular flexibility index (Phi) is 5.36. The summed E-state index contributed by atoms with van der Waals surface area (Å²) in [6, 6.07) is 7.93. The molecule has 4 rings (SSSR count). The molecule has 1 saturated heterocycles. The van der Waals surface area contributed by atoms with Crippen LogP contribution in [0.5, 0.6) is 0 Å². The summed E-state index contributed by atoms with van der Waals surface area (Å²) < 4.78 is 51.4. The number of nitrogens with two attached hydrogens (primary N) is 1. The molecular weight excluding hydrogens is 429 g/mol. The van der Waals surface area contributed by atoms with Gasteiger partial charge in [-0.15, -0.1) is 0 Å². The number of fused-ring (bicyclic) bond motifs is 1. The Morgan fingerprint density at radius 3 is 2.74 bits per heavy atom. The highest BCUT2D eigenvalue weighted by atomic mass is 32.2. The van der Waals surface area contributed by atoms with Crippen LogP contribution in [0.2, 0.25) is 0 Å². The average Bonchev–Trinajstić information content (AvgIpc) is 3.25. The topological polar surface area (TPSA) is 153 Å². The smallest absolute Gasteiger partial charge is 0.297 e. The SMILES string of the molecule is Cc1ccc(S(=O)(=O)OC[C@H]2O[C@@H](n3cc(C#N)c4c(N)ncnc43)[C@@H](F)[C@@H]2O)cc1. The molecule has 0 bridgehead atoms. The van der Waals surface area contributed by atoms with Crippen molar-refractivity contribution in [3.63, 3.8) is 0 Å². The Morgan fingerprint density at radius 1 is 1.35 bits per heavy atom. The monoisotopic (exact) mass is 447 g/mol. The van der Waals surface area contributed by atoms with Crippen molar-refractivity contribution in [1.82, 2.24) is 14.5 Å². The van der Waals surface area contributed by atoms with Crippen LogP contribution in [0.1, 0.15) is 17.4 Å². The minimum atomic E-state index is -4.13. The first kappa shape index (κ1) is 21.1. The fourth-order valence-electron chi connectivity index (χ4n) is 3.38. The van der Waals surface area contributed by atoms with Crippen LogP contribution in [0.15, 0.2) is 41.7 Å². The number of alkyl halides is 1. The van der Waals surface area contributed by atoms with Gasteiger partial charge >= 0.3 is 0 Å². The lowest BCUT2D eigenvalue weighted by molar-refractivity contribution is -0.0401. The molecule has 0 aliphatic carbocycles. The zero-order chi connectivity index (χ0) is 22.3. The molecular formula is C19H18FN5O5S. The maximum absolute atomic E-state index is 14.9. The Morgan fingerprint density at radius 2 is 2.06 bits per heavy atom. The van der Waals surface area contributed by atoms with Gasteiger partial charge in [0.05, 0.1) is 22.5 Å². The maximum Gasteiger partial charge on any atom is 0.297 e. The van der Waals surface area contributed by atoms with E-state index in [1.54, 1.807) is 12.1 Å². The molecule has 1 aliphatic heterocycles. The lowest BCUT2D eigenvalue weighted by atomic mass is 10.1. The molecule has 1 fully saturated rings. The molecule has 0 amide bonds. The number of anilines is 1. The molecule has 0 spiro atoms. The van der Waals surface area contributed by atoms with Crippen LogP contribution in [-0.4, -0.2) is 53.0 Å². The van der Waals surface area contributed by atoms with Gasteiger partial charge < -0.3 is 20.1 Å². The highest BCUT2D eigenvalue weighted by Crippen LogP contribution is 2.36. The van der Waals surface area contributed by atoms with Crippen molar-refractivity contribution in [2.24, 2.45) is 0 Å². The highest BCUT2D eigenvalue weighted by Gasteiger charge is 2.46. The highest BCUT2D eigenvalue weighted by molar-refractivity contribution is 7.86. The number of nitriles is 1. The fourth-order valence-corrected chi connectivity index (χ4v) is 4.30. The van der Waals surface area contributed by atoms with Crippen molar-refractivity contribution in [1.29, 1.82) is 5.26 Å². The van der Waals surface area contributed by atoms with Crippen molar-refractivity contribution < 1.29 is 26.8 Å². The molecule has 4 atom stereocenters. The normalized spacial score (nSPS) is 23.8. The first-order valence-corrected chi connectivity index (χ1v) is 10.6. The summed E-state index contributed by atoms with van der Waals surface area (Å²) in [4.78, 5) is 7.80. The summed E-state index contributed by atoms with van der Waals surface area (Å²) in [6.07, 6.45) is -3.80. The number of hydrogen-bond acceptors (Lipinski definition) is 9. The molecule has 0 saturated carbocycles. The van der Waals surface area contributed by atoms with Crippen LogP contribution < -0.4 is 5.73 Å². The van der Waals surface area contributed by atoms with Gasteiger partial charge in [-0.25, -0.2) is 14.4 Å². The van der Waals surface area contributed by atoms with Crippen LogP contribution in [0.3, 0.4) is 0 Å². The molecule has 12 heteroatoms. The van der Waals surface area contributed by atoms with Gasteiger partial charge in [0.2, 0.25) is 0 Å². The van der Waals surface area contributed by atoms with Crippen molar-refractivity contribution in [3.05, 3.63) is 47.9 Å². The predicted molar refractivity (Wildman–Crippen MR) is 106 cm³/mol. The summed E-state index contributed by atoms with van der Waals surface area (Å²) in [7, 11) is -4.13. The molecule has 3 N–H and O–H groups in total. The minimum absolute atomic E-state index is 0.0401. The van der Waals surface area contributed by atoms with Crippen molar-refractivity contribution in [2.45, 2.75) is 36.4 Å². The van der Waals surface area contributed by atoms with Gasteiger partial charge in [0.25, 0.3) is 10.1 Å². The molecule has 31 heavy (non-hydrogen) atoms. The second kappa shape index (κ2) is 7.86. The van der Waals surface area contributed by atoms with Crippen LogP contribution in [0, 0.1) is 18.3 Å². The van der Waals surface area contributed by atoms with Gasteiger partial charge in [0, 0.05) is 6.20 Å². The van der Waals surface area contributed by atoms with E-state index in [0.717, 1.165) is 11.9 Å². The molecule has 162 valence electrons. The average molecular weight is 447 g/mol. The van der Waals surface area contributed by atoms with E-state index in [2.05, 4.69) is 9.97 Å². The Balaban J connectivity index is 1.57. The Hall–Kier alpha value is -3.11. The summed E-state index contributed by atoms with van der Waals surface area (Å²) in [5, 5.41) is 19.8. The standard InChI is InChI=1S/C19H18FN5O5S/c1-10-2-4-12(5-3-10)31(27,28)29-8-13-16(26)15(20)19(30-13)25-7-11(6-21)14-17(22)23-9-24-18(14)25/h2-5,7,9,13,15-16,19,26H,8H2,1H3,(H2,22,23,24)/t13-,15+,16-,19-/m1/s1. The largest absolute Gasteiger partial charge is 0.387 e. The number of aryl methyl sites for hydroxylation is 1. The van der Waals surface area contributed by atoms with Crippen molar-refractivity contribution >= 4 is 27.0 Å². The summed E-state index contributed by atoms with van der Waals surface area (Å²) in [6.45, 7) is 1.21. The van der Waals surface area contributed by atoms with E-state index in [1.807, 2.05) is 13.0 Å². The first-order valence-electron chi connectivity index (χ1n) is 9.17. The number of halogens is 1. The second-order valence-electron chi connectivity index (χ2n) is 7.07. The third-order valence-corrected chi connectivity index (χ3v) is 6.32. The van der Waals surface area contributed by atoms with Gasteiger partial charge in [0.15, 0.2) is 12.4 Å². The van der Waals surface area contributed by atoms with E-state index in [9.17, 15) is 23.2 Å². The number of rotatable bonds is 5.